The molecule has 7 heteroatoms. The number of aromatic nitrogens is 2. The van der Waals surface area contributed by atoms with Gasteiger partial charge in [0.1, 0.15) is 0 Å². The van der Waals surface area contributed by atoms with Crippen molar-refractivity contribution in [1.82, 2.24) is 9.55 Å². The highest BCUT2D eigenvalue weighted by Gasteiger charge is 2.52. The molecule has 1 aromatic heterocycles. The summed E-state index contributed by atoms with van der Waals surface area (Å²) in [5.74, 6) is -0.402. The monoisotopic (exact) mass is 330 g/mol. The van der Waals surface area contributed by atoms with Gasteiger partial charge in [-0.05, 0) is 46.8 Å². The van der Waals surface area contributed by atoms with E-state index in [0.29, 0.717) is 5.56 Å². The molecule has 1 aliphatic rings. The fourth-order valence-electron chi connectivity index (χ4n) is 2.87. The van der Waals surface area contributed by atoms with Gasteiger partial charge in [-0.3, -0.25) is 0 Å². The molecule has 1 aliphatic heterocycles. The maximum atomic E-state index is 12.0. The Balaban J connectivity index is 2.18. The van der Waals surface area contributed by atoms with Crippen molar-refractivity contribution in [3.8, 4) is 0 Å². The smallest absolute Gasteiger partial charge is 0.465 e. The van der Waals surface area contributed by atoms with E-state index >= 15 is 0 Å². The Morgan fingerprint density at radius 1 is 1.25 bits per heavy atom. The van der Waals surface area contributed by atoms with E-state index in [9.17, 15) is 4.79 Å². The van der Waals surface area contributed by atoms with E-state index in [0.717, 1.165) is 23.0 Å². The molecule has 6 nitrogen and oxygen atoms in total. The highest BCUT2D eigenvalue weighted by Crippen LogP contribution is 2.37. The van der Waals surface area contributed by atoms with Gasteiger partial charge in [0.2, 0.25) is 0 Å². The van der Waals surface area contributed by atoms with Crippen LogP contribution in [-0.2, 0) is 20.6 Å². The van der Waals surface area contributed by atoms with Gasteiger partial charge in [0.05, 0.1) is 41.2 Å². The van der Waals surface area contributed by atoms with Crippen LogP contribution in [0.15, 0.2) is 18.5 Å². The number of carbonyl (C=O) groups is 1. The first-order chi connectivity index (χ1) is 11.2. The molecular formula is C17H23BN2O4. The van der Waals surface area contributed by atoms with Crippen LogP contribution in [0.5, 0.6) is 0 Å². The lowest BCUT2D eigenvalue weighted by Gasteiger charge is -2.32. The molecular weight excluding hydrogens is 307 g/mol. The summed E-state index contributed by atoms with van der Waals surface area (Å²) >= 11 is 0. The molecule has 0 N–H and O–H groups in total. The number of aryl methyl sites for hydroxylation is 1. The first kappa shape index (κ1) is 17.0. The molecule has 1 fully saturated rings. The molecule has 24 heavy (non-hydrogen) atoms. The SMILES string of the molecule is CCn1cnc2cc(C(=O)OC)cc(B3OC(C)(C)C(C)(C)O3)c21. The van der Waals surface area contributed by atoms with Gasteiger partial charge in [-0.15, -0.1) is 0 Å². The fraction of sp³-hybridized carbons (Fsp3) is 0.529. The maximum absolute atomic E-state index is 12.0. The summed E-state index contributed by atoms with van der Waals surface area (Å²) in [6.45, 7) is 10.8. The molecule has 0 atom stereocenters. The van der Waals surface area contributed by atoms with E-state index in [1.54, 1.807) is 18.5 Å². The molecule has 0 bridgehead atoms. The van der Waals surface area contributed by atoms with Crippen LogP contribution in [0.1, 0.15) is 45.0 Å². The van der Waals surface area contributed by atoms with Gasteiger partial charge >= 0.3 is 13.1 Å². The molecule has 2 heterocycles. The predicted molar refractivity (Wildman–Crippen MR) is 92.5 cm³/mol. The fourth-order valence-corrected chi connectivity index (χ4v) is 2.87. The highest BCUT2D eigenvalue weighted by atomic mass is 16.7. The van der Waals surface area contributed by atoms with Crippen LogP contribution in [0.3, 0.4) is 0 Å². The van der Waals surface area contributed by atoms with Crippen LogP contribution in [0.4, 0.5) is 0 Å². The van der Waals surface area contributed by atoms with Crippen molar-refractivity contribution in [2.45, 2.75) is 52.4 Å². The number of carbonyl (C=O) groups excluding carboxylic acids is 1. The Hall–Kier alpha value is -1.86. The van der Waals surface area contributed by atoms with Crippen LogP contribution >= 0.6 is 0 Å². The van der Waals surface area contributed by atoms with Gasteiger partial charge in [0.15, 0.2) is 0 Å². The molecule has 3 rings (SSSR count). The molecule has 1 saturated heterocycles. The highest BCUT2D eigenvalue weighted by molar-refractivity contribution is 6.65. The minimum atomic E-state index is -0.566. The number of nitrogens with zero attached hydrogens (tertiary/aromatic N) is 2. The van der Waals surface area contributed by atoms with Crippen molar-refractivity contribution < 1.29 is 18.8 Å². The summed E-state index contributed by atoms with van der Waals surface area (Å²) in [7, 11) is 0.801. The van der Waals surface area contributed by atoms with Crippen molar-refractivity contribution in [3.05, 3.63) is 24.0 Å². The van der Waals surface area contributed by atoms with Crippen LogP contribution in [-0.4, -0.2) is 41.0 Å². The third kappa shape index (κ3) is 2.52. The molecule has 128 valence electrons. The second-order valence-electron chi connectivity index (χ2n) is 7.04. The summed E-state index contributed by atoms with van der Waals surface area (Å²) < 4.78 is 19.2. The topological polar surface area (TPSA) is 62.6 Å². The minimum Gasteiger partial charge on any atom is -0.465 e. The largest absolute Gasteiger partial charge is 0.497 e. The number of fused-ring (bicyclic) bond motifs is 1. The molecule has 0 amide bonds. The van der Waals surface area contributed by atoms with Gasteiger partial charge in [-0.25, -0.2) is 9.78 Å². The zero-order chi connectivity index (χ0) is 17.7. The number of esters is 1. The number of rotatable bonds is 3. The maximum Gasteiger partial charge on any atom is 0.497 e. The predicted octanol–water partition coefficient (Wildman–Crippen LogP) is 2.14. The van der Waals surface area contributed by atoms with E-state index in [-0.39, 0.29) is 0 Å². The quantitative estimate of drug-likeness (QED) is 0.637. The van der Waals surface area contributed by atoms with Gasteiger partial charge in [-0.1, -0.05) is 0 Å². The minimum absolute atomic E-state index is 0.402. The average molecular weight is 330 g/mol. The van der Waals surface area contributed by atoms with Gasteiger partial charge in [0.25, 0.3) is 0 Å². The standard InChI is InChI=1S/C17H23BN2O4/c1-7-20-10-19-13-9-11(15(21)22-6)8-12(14(13)20)18-23-16(2,3)17(4,5)24-18/h8-10H,7H2,1-6H3. The van der Waals surface area contributed by atoms with Crippen LogP contribution in [0.25, 0.3) is 11.0 Å². The number of imidazole rings is 1. The molecule has 0 aliphatic carbocycles. The lowest BCUT2D eigenvalue weighted by atomic mass is 9.77. The Labute approximate surface area is 142 Å². The van der Waals surface area contributed by atoms with Gasteiger partial charge in [0, 0.05) is 12.0 Å². The lowest BCUT2D eigenvalue weighted by molar-refractivity contribution is 0.00578. The van der Waals surface area contributed by atoms with Crippen molar-refractivity contribution in [1.29, 1.82) is 0 Å². The van der Waals surface area contributed by atoms with E-state index in [2.05, 4.69) is 4.98 Å². The van der Waals surface area contributed by atoms with Crippen molar-refractivity contribution in [3.63, 3.8) is 0 Å². The van der Waals surface area contributed by atoms with Gasteiger partial charge < -0.3 is 18.6 Å². The first-order valence-corrected chi connectivity index (χ1v) is 8.13. The number of ether oxygens (including phenoxy) is 1. The van der Waals surface area contributed by atoms with Crippen LogP contribution in [0.2, 0.25) is 0 Å². The zero-order valence-corrected chi connectivity index (χ0v) is 15.0. The number of methoxy groups -OCH3 is 1. The third-order valence-corrected chi connectivity index (χ3v) is 5.01. The van der Waals surface area contributed by atoms with Crippen LogP contribution in [0, 0.1) is 0 Å². The Morgan fingerprint density at radius 3 is 2.42 bits per heavy atom. The second kappa shape index (κ2) is 5.60. The van der Waals surface area contributed by atoms with Crippen LogP contribution < -0.4 is 5.46 Å². The van der Waals surface area contributed by atoms with Gasteiger partial charge in [-0.2, -0.15) is 0 Å². The summed E-state index contributed by atoms with van der Waals surface area (Å²) in [5, 5.41) is 0. The summed E-state index contributed by atoms with van der Waals surface area (Å²) in [6.07, 6.45) is 1.76. The Kier molecular flexibility index (Phi) is 3.96. The van der Waals surface area contributed by atoms with E-state index in [1.807, 2.05) is 39.2 Å². The summed E-state index contributed by atoms with van der Waals surface area (Å²) in [4.78, 5) is 16.4. The van der Waals surface area contributed by atoms with E-state index in [1.165, 1.54) is 7.11 Å². The molecule has 0 radical (unpaired) electrons. The van der Waals surface area contributed by atoms with Crippen molar-refractivity contribution in [2.24, 2.45) is 0 Å². The van der Waals surface area contributed by atoms with Crippen molar-refractivity contribution >= 4 is 29.6 Å². The first-order valence-electron chi connectivity index (χ1n) is 8.13. The number of benzene rings is 1. The summed E-state index contributed by atoms with van der Waals surface area (Å²) in [5.41, 5.74) is 1.97. The number of hydrogen-bond donors (Lipinski definition) is 0. The molecule has 0 unspecified atom stereocenters. The third-order valence-electron chi connectivity index (χ3n) is 5.01. The normalized spacial score (nSPS) is 19.0. The molecule has 0 saturated carbocycles. The molecule has 1 aromatic carbocycles. The van der Waals surface area contributed by atoms with E-state index in [4.69, 9.17) is 14.0 Å². The Morgan fingerprint density at radius 2 is 1.88 bits per heavy atom. The molecule has 0 spiro atoms. The zero-order valence-electron chi connectivity index (χ0n) is 15.0. The lowest BCUT2D eigenvalue weighted by Crippen LogP contribution is -2.41. The van der Waals surface area contributed by atoms with E-state index < -0.39 is 24.3 Å². The van der Waals surface area contributed by atoms with Crippen molar-refractivity contribution in [2.75, 3.05) is 7.11 Å². The Bertz CT molecular complexity index is 781. The summed E-state index contributed by atoms with van der Waals surface area (Å²) in [6, 6.07) is 3.52. The average Bonchev–Trinajstić information content (AvgIpc) is 3.03. The second-order valence-corrected chi connectivity index (χ2v) is 7.04. The number of hydrogen-bond acceptors (Lipinski definition) is 5. The molecule has 2 aromatic rings.